The number of amides is 1. The molecule has 1 saturated heterocycles. The van der Waals surface area contributed by atoms with E-state index in [2.05, 4.69) is 17.6 Å². The first kappa shape index (κ1) is 20.1. The Balaban J connectivity index is 0.00000264. The second-order valence-electron chi connectivity index (χ2n) is 5.80. The first-order valence-electron chi connectivity index (χ1n) is 8.02. The molecule has 1 fully saturated rings. The lowest BCUT2D eigenvalue weighted by atomic mass is 9.92. The van der Waals surface area contributed by atoms with E-state index in [0.717, 1.165) is 37.1 Å². The van der Waals surface area contributed by atoms with E-state index in [1.807, 2.05) is 25.1 Å². The summed E-state index contributed by atoms with van der Waals surface area (Å²) in [6.45, 7) is 6.23. The molecule has 0 aromatic heterocycles. The normalized spacial score (nSPS) is 20.5. The first-order chi connectivity index (χ1) is 10.6. The van der Waals surface area contributed by atoms with Gasteiger partial charge in [0, 0.05) is 23.5 Å². The highest BCUT2D eigenvalue weighted by Crippen LogP contribution is 2.23. The van der Waals surface area contributed by atoms with E-state index in [4.69, 9.17) is 16.3 Å². The summed E-state index contributed by atoms with van der Waals surface area (Å²) in [5.41, 5.74) is 1.04. The molecule has 0 radical (unpaired) electrons. The van der Waals surface area contributed by atoms with Crippen molar-refractivity contribution < 1.29 is 9.53 Å². The molecule has 1 aromatic rings. The van der Waals surface area contributed by atoms with Gasteiger partial charge in [-0.05, 0) is 63.4 Å². The number of hydrogen-bond donors (Lipinski definition) is 2. The number of rotatable bonds is 6. The Hall–Kier alpha value is -0.970. The molecule has 2 atom stereocenters. The van der Waals surface area contributed by atoms with Crippen LogP contribution in [0.15, 0.2) is 18.2 Å². The van der Waals surface area contributed by atoms with Crippen LogP contribution >= 0.6 is 24.0 Å². The fourth-order valence-corrected chi connectivity index (χ4v) is 3.07. The summed E-state index contributed by atoms with van der Waals surface area (Å²) in [7, 11) is 0. The Labute approximate surface area is 149 Å². The minimum atomic E-state index is 0. The molecule has 0 saturated carbocycles. The van der Waals surface area contributed by atoms with Crippen LogP contribution in [0.25, 0.3) is 0 Å². The molecule has 0 unspecified atom stereocenters. The Kier molecular flexibility index (Phi) is 8.74. The van der Waals surface area contributed by atoms with Gasteiger partial charge in [0.05, 0.1) is 6.61 Å². The van der Waals surface area contributed by atoms with Crippen molar-refractivity contribution in [3.05, 3.63) is 28.8 Å². The van der Waals surface area contributed by atoms with Crippen molar-refractivity contribution >= 4 is 29.9 Å². The average molecular weight is 361 g/mol. The molecule has 0 spiro atoms. The first-order valence-corrected chi connectivity index (χ1v) is 8.40. The van der Waals surface area contributed by atoms with Crippen LogP contribution in [0, 0.1) is 5.92 Å². The lowest BCUT2D eigenvalue weighted by Crippen LogP contribution is -2.42. The second kappa shape index (κ2) is 10.0. The Morgan fingerprint density at radius 2 is 2.26 bits per heavy atom. The van der Waals surface area contributed by atoms with Gasteiger partial charge in [-0.15, -0.1) is 12.4 Å². The van der Waals surface area contributed by atoms with Gasteiger partial charge in [-0.3, -0.25) is 4.79 Å². The topological polar surface area (TPSA) is 50.4 Å². The number of nitrogens with one attached hydrogen (secondary N) is 2. The molecule has 0 bridgehead atoms. The van der Waals surface area contributed by atoms with Gasteiger partial charge in [-0.25, -0.2) is 0 Å². The Morgan fingerprint density at radius 1 is 1.48 bits per heavy atom. The number of benzene rings is 1. The number of piperidine rings is 1. The molecule has 1 amide bonds. The zero-order valence-corrected chi connectivity index (χ0v) is 15.3. The summed E-state index contributed by atoms with van der Waals surface area (Å²) >= 11 is 6.05. The summed E-state index contributed by atoms with van der Waals surface area (Å²) in [5, 5.41) is 7.10. The summed E-state index contributed by atoms with van der Waals surface area (Å²) in [5.74, 6) is 1.13. The Morgan fingerprint density at radius 3 is 2.96 bits per heavy atom. The summed E-state index contributed by atoms with van der Waals surface area (Å²) in [6, 6.07) is 6.04. The molecule has 1 aliphatic rings. The summed E-state index contributed by atoms with van der Waals surface area (Å²) < 4.78 is 5.60. The van der Waals surface area contributed by atoms with Crippen LogP contribution in [0.3, 0.4) is 0 Å². The zero-order chi connectivity index (χ0) is 15.9. The molecule has 1 aliphatic heterocycles. The number of hydrogen-bond acceptors (Lipinski definition) is 3. The molecule has 4 nitrogen and oxygen atoms in total. The Bertz CT molecular complexity index is 511. The average Bonchev–Trinajstić information content (AvgIpc) is 2.50. The van der Waals surface area contributed by atoms with E-state index in [-0.39, 0.29) is 24.2 Å². The van der Waals surface area contributed by atoms with Gasteiger partial charge in [-0.1, -0.05) is 11.6 Å². The van der Waals surface area contributed by atoms with Gasteiger partial charge in [0.25, 0.3) is 0 Å². The highest BCUT2D eigenvalue weighted by molar-refractivity contribution is 6.30. The zero-order valence-electron chi connectivity index (χ0n) is 13.7. The van der Waals surface area contributed by atoms with Gasteiger partial charge in [-0.2, -0.15) is 0 Å². The fraction of sp³-hybridized carbons (Fsp3) is 0.588. The largest absolute Gasteiger partial charge is 0.494 e. The quantitative estimate of drug-likeness (QED) is 0.818. The lowest BCUT2D eigenvalue weighted by Gasteiger charge is -2.27. The highest BCUT2D eigenvalue weighted by atomic mass is 35.5. The minimum absolute atomic E-state index is 0. The maximum atomic E-state index is 12.2. The molecule has 2 N–H and O–H groups in total. The molecular formula is C17H26Cl2N2O2. The third-order valence-electron chi connectivity index (χ3n) is 4.01. The SMILES string of the molecule is CCOc1ccc(Cl)cc1CCNC(=O)[C@H]1CCN[C@@H](C)C1.Cl. The van der Waals surface area contributed by atoms with E-state index in [9.17, 15) is 4.79 Å². The lowest BCUT2D eigenvalue weighted by molar-refractivity contribution is -0.126. The monoisotopic (exact) mass is 360 g/mol. The van der Waals surface area contributed by atoms with E-state index < -0.39 is 0 Å². The minimum Gasteiger partial charge on any atom is -0.494 e. The van der Waals surface area contributed by atoms with E-state index in [1.54, 1.807) is 0 Å². The van der Waals surface area contributed by atoms with Crippen LogP contribution in [0.1, 0.15) is 32.3 Å². The van der Waals surface area contributed by atoms with Gasteiger partial charge in [0.2, 0.25) is 5.91 Å². The second-order valence-corrected chi connectivity index (χ2v) is 6.24. The van der Waals surface area contributed by atoms with Crippen LogP contribution in [-0.2, 0) is 11.2 Å². The predicted octanol–water partition coefficient (Wildman–Crippen LogP) is 3.21. The molecular weight excluding hydrogens is 335 g/mol. The van der Waals surface area contributed by atoms with Crippen LogP contribution in [0.2, 0.25) is 5.02 Å². The number of halogens is 2. The van der Waals surface area contributed by atoms with Crippen molar-refractivity contribution in [1.29, 1.82) is 0 Å². The maximum Gasteiger partial charge on any atom is 0.223 e. The molecule has 1 heterocycles. The summed E-state index contributed by atoms with van der Waals surface area (Å²) in [4.78, 5) is 12.2. The molecule has 23 heavy (non-hydrogen) atoms. The maximum absolute atomic E-state index is 12.2. The molecule has 1 aromatic carbocycles. The van der Waals surface area contributed by atoms with Gasteiger partial charge in [0.1, 0.15) is 5.75 Å². The van der Waals surface area contributed by atoms with Crippen molar-refractivity contribution in [2.75, 3.05) is 19.7 Å². The van der Waals surface area contributed by atoms with Crippen molar-refractivity contribution in [3.8, 4) is 5.75 Å². The van der Waals surface area contributed by atoms with Gasteiger partial charge in [0.15, 0.2) is 0 Å². The van der Waals surface area contributed by atoms with Crippen LogP contribution in [-0.4, -0.2) is 31.6 Å². The van der Waals surface area contributed by atoms with Crippen molar-refractivity contribution in [2.24, 2.45) is 5.92 Å². The molecule has 130 valence electrons. The van der Waals surface area contributed by atoms with E-state index in [0.29, 0.717) is 24.2 Å². The third kappa shape index (κ3) is 6.21. The number of carbonyl (C=O) groups excluding carboxylic acids is 1. The van der Waals surface area contributed by atoms with Crippen LogP contribution in [0.5, 0.6) is 5.75 Å². The molecule has 0 aliphatic carbocycles. The fourth-order valence-electron chi connectivity index (χ4n) is 2.87. The van der Waals surface area contributed by atoms with Crippen molar-refractivity contribution in [3.63, 3.8) is 0 Å². The predicted molar refractivity (Wildman–Crippen MR) is 96.8 cm³/mol. The number of carbonyl (C=O) groups is 1. The third-order valence-corrected chi connectivity index (χ3v) is 4.25. The molecule has 6 heteroatoms. The standard InChI is InChI=1S/C17H25ClN2O2.ClH/c1-3-22-16-5-4-15(18)11-13(16)6-9-20-17(21)14-7-8-19-12(2)10-14;/h4-5,11-12,14,19H,3,6-10H2,1-2H3,(H,20,21);1H/t12-,14-;/m0./s1. The van der Waals surface area contributed by atoms with Crippen molar-refractivity contribution in [2.45, 2.75) is 39.2 Å². The number of ether oxygens (including phenoxy) is 1. The van der Waals surface area contributed by atoms with E-state index in [1.165, 1.54) is 0 Å². The smallest absolute Gasteiger partial charge is 0.223 e. The summed E-state index contributed by atoms with van der Waals surface area (Å²) in [6.07, 6.45) is 2.55. The van der Waals surface area contributed by atoms with Crippen LogP contribution < -0.4 is 15.4 Å². The van der Waals surface area contributed by atoms with E-state index >= 15 is 0 Å². The van der Waals surface area contributed by atoms with Crippen LogP contribution in [0.4, 0.5) is 0 Å². The molecule has 2 rings (SSSR count). The van der Waals surface area contributed by atoms with Gasteiger partial charge < -0.3 is 15.4 Å². The highest BCUT2D eigenvalue weighted by Gasteiger charge is 2.24. The van der Waals surface area contributed by atoms with Gasteiger partial charge >= 0.3 is 0 Å². The van der Waals surface area contributed by atoms with Crippen molar-refractivity contribution in [1.82, 2.24) is 10.6 Å².